The van der Waals surface area contributed by atoms with Crippen molar-refractivity contribution in [2.24, 2.45) is 23.7 Å². The molecule has 1 saturated heterocycles. The first kappa shape index (κ1) is 31.0. The number of unbranched alkanes of at least 4 members (excludes halogenated alkanes) is 2. The number of halogens is 1. The van der Waals surface area contributed by atoms with Crippen molar-refractivity contribution in [3.8, 4) is 5.75 Å². The topological polar surface area (TPSA) is 135 Å². The molecule has 0 radical (unpaired) electrons. The number of carbonyl (C=O) groups excluding carboxylic acids is 2. The van der Waals surface area contributed by atoms with Crippen molar-refractivity contribution in [3.05, 3.63) is 45.0 Å². The van der Waals surface area contributed by atoms with Crippen LogP contribution in [0, 0.1) is 23.7 Å². The van der Waals surface area contributed by atoms with E-state index in [2.05, 4.69) is 15.9 Å². The predicted octanol–water partition coefficient (Wildman–Crippen LogP) is 4.91. The van der Waals surface area contributed by atoms with Crippen molar-refractivity contribution in [2.75, 3.05) is 13.2 Å². The zero-order chi connectivity index (χ0) is 28.9. The number of fused-ring (bicyclic) bond motifs is 1. The van der Waals surface area contributed by atoms with Gasteiger partial charge in [-0.25, -0.2) is 0 Å². The SMILES string of the molecule is C/C(=C\c1cc(Br)ccc1O)CC[C@@H](O)C1=C(C(C)C)C[C@H]2C(=O)N(CCCCCC(=O)O)C(=O)[C@H]2[C@H]1CO. The maximum absolute atomic E-state index is 13.4. The second kappa shape index (κ2) is 13.7. The molecule has 1 aromatic carbocycles. The Bertz CT molecular complexity index is 1140. The number of carbonyl (C=O) groups is 3. The number of rotatable bonds is 13. The van der Waals surface area contributed by atoms with E-state index in [9.17, 15) is 29.7 Å². The van der Waals surface area contributed by atoms with Crippen LogP contribution in [-0.4, -0.2) is 62.4 Å². The summed E-state index contributed by atoms with van der Waals surface area (Å²) in [5.74, 6) is -3.10. The molecule has 1 heterocycles. The Kier molecular flexibility index (Phi) is 10.9. The summed E-state index contributed by atoms with van der Waals surface area (Å²) in [6.45, 7) is 5.83. The number of allylic oxidation sites excluding steroid dienone is 2. The van der Waals surface area contributed by atoms with Gasteiger partial charge < -0.3 is 20.4 Å². The first-order valence-electron chi connectivity index (χ1n) is 13.7. The number of phenols is 1. The number of phenolic OH excluding ortho intramolecular Hbond substituents is 1. The van der Waals surface area contributed by atoms with Gasteiger partial charge in [0.05, 0.1) is 24.5 Å². The molecule has 4 atom stereocenters. The minimum atomic E-state index is -0.882. The number of aromatic hydroxyl groups is 1. The fraction of sp³-hybridized carbons (Fsp3) is 0.567. The van der Waals surface area contributed by atoms with Crippen molar-refractivity contribution in [1.29, 1.82) is 0 Å². The Balaban J connectivity index is 1.76. The van der Waals surface area contributed by atoms with Gasteiger partial charge in [-0.1, -0.05) is 53.4 Å². The van der Waals surface area contributed by atoms with E-state index in [1.807, 2.05) is 32.9 Å². The van der Waals surface area contributed by atoms with E-state index in [0.29, 0.717) is 49.7 Å². The highest BCUT2D eigenvalue weighted by Crippen LogP contribution is 2.48. The lowest BCUT2D eigenvalue weighted by atomic mass is 9.66. The number of aliphatic carboxylic acids is 1. The van der Waals surface area contributed by atoms with Crippen LogP contribution >= 0.6 is 15.9 Å². The van der Waals surface area contributed by atoms with E-state index in [1.54, 1.807) is 12.1 Å². The van der Waals surface area contributed by atoms with Crippen LogP contribution in [-0.2, 0) is 14.4 Å². The minimum Gasteiger partial charge on any atom is -0.507 e. The molecule has 1 fully saturated rings. The molecule has 3 rings (SSSR count). The van der Waals surface area contributed by atoms with Gasteiger partial charge in [-0.2, -0.15) is 0 Å². The average Bonchev–Trinajstić information content (AvgIpc) is 3.12. The second-order valence-corrected chi connectivity index (χ2v) is 12.0. The van der Waals surface area contributed by atoms with E-state index >= 15 is 0 Å². The van der Waals surface area contributed by atoms with Crippen molar-refractivity contribution in [2.45, 2.75) is 71.8 Å². The molecular weight excluding hydrogens is 566 g/mol. The summed E-state index contributed by atoms with van der Waals surface area (Å²) < 4.78 is 0.846. The van der Waals surface area contributed by atoms with Crippen molar-refractivity contribution < 1.29 is 34.8 Å². The number of carboxylic acid groups (broad SMARTS) is 1. The zero-order valence-electron chi connectivity index (χ0n) is 22.9. The van der Waals surface area contributed by atoms with Crippen LogP contribution in [0.25, 0.3) is 6.08 Å². The number of hydrogen-bond donors (Lipinski definition) is 4. The van der Waals surface area contributed by atoms with Gasteiger partial charge in [0.15, 0.2) is 0 Å². The highest BCUT2D eigenvalue weighted by Gasteiger charge is 2.54. The molecule has 8 nitrogen and oxygen atoms in total. The van der Waals surface area contributed by atoms with E-state index in [-0.39, 0.29) is 43.1 Å². The van der Waals surface area contributed by atoms with E-state index in [1.165, 1.54) is 4.90 Å². The number of nitrogens with zero attached hydrogens (tertiary/aromatic N) is 1. The normalized spacial score (nSPS) is 22.6. The molecule has 0 unspecified atom stereocenters. The second-order valence-electron chi connectivity index (χ2n) is 11.0. The first-order valence-corrected chi connectivity index (χ1v) is 14.5. The monoisotopic (exact) mass is 605 g/mol. The number of benzene rings is 1. The Morgan fingerprint density at radius 1 is 1.15 bits per heavy atom. The van der Waals surface area contributed by atoms with Crippen LogP contribution in [0.15, 0.2) is 39.4 Å². The molecular formula is C30H40BrNO7. The van der Waals surface area contributed by atoms with Crippen LogP contribution in [0.2, 0.25) is 0 Å². The molecule has 0 aromatic heterocycles. The Morgan fingerprint density at radius 2 is 1.87 bits per heavy atom. The standard InChI is InChI=1S/C30H40BrNO7/c1-17(2)21-15-22-28(30(39)32(29(22)38)12-6-4-5-7-26(36)37)23(16-33)27(21)25(35)10-8-18(3)13-19-14-20(31)9-11-24(19)34/h9,11,13-14,17,22-23,25,28,33-35H,4-8,10,12,15-16H2,1-3H3,(H,36,37)/b18-13+/t22-,23+,25-,28-/m1/s1. The van der Waals surface area contributed by atoms with Crippen molar-refractivity contribution in [1.82, 2.24) is 4.90 Å². The number of hydrogen-bond acceptors (Lipinski definition) is 6. The molecule has 214 valence electrons. The number of amides is 2. The van der Waals surface area contributed by atoms with E-state index < -0.39 is 29.8 Å². The van der Waals surface area contributed by atoms with Gasteiger partial charge in [0.25, 0.3) is 0 Å². The lowest BCUT2D eigenvalue weighted by Gasteiger charge is -2.38. The molecule has 0 bridgehead atoms. The predicted molar refractivity (Wildman–Crippen MR) is 152 cm³/mol. The number of aliphatic hydroxyl groups excluding tert-OH is 2. The third-order valence-corrected chi connectivity index (χ3v) is 8.43. The molecule has 1 aliphatic carbocycles. The third-order valence-electron chi connectivity index (χ3n) is 7.94. The maximum Gasteiger partial charge on any atom is 0.303 e. The lowest BCUT2D eigenvalue weighted by molar-refractivity contribution is -0.141. The molecule has 4 N–H and O–H groups in total. The molecule has 1 aromatic rings. The van der Waals surface area contributed by atoms with Crippen LogP contribution < -0.4 is 0 Å². The summed E-state index contributed by atoms with van der Waals surface area (Å²) in [5.41, 5.74) is 3.24. The fourth-order valence-corrected chi connectivity index (χ4v) is 6.33. The molecule has 2 amide bonds. The Hall–Kier alpha value is -2.49. The van der Waals surface area contributed by atoms with Crippen LogP contribution in [0.5, 0.6) is 5.75 Å². The summed E-state index contributed by atoms with van der Waals surface area (Å²) in [4.78, 5) is 38.7. The fourth-order valence-electron chi connectivity index (χ4n) is 5.95. The van der Waals surface area contributed by atoms with Crippen molar-refractivity contribution in [3.63, 3.8) is 0 Å². The molecule has 39 heavy (non-hydrogen) atoms. The zero-order valence-corrected chi connectivity index (χ0v) is 24.5. The van der Waals surface area contributed by atoms with Gasteiger partial charge in [0.2, 0.25) is 11.8 Å². The molecule has 2 aliphatic rings. The first-order chi connectivity index (χ1) is 18.5. The smallest absolute Gasteiger partial charge is 0.303 e. The summed E-state index contributed by atoms with van der Waals surface area (Å²) in [6.07, 6.45) is 3.98. The van der Waals surface area contributed by atoms with Gasteiger partial charge in [-0.05, 0) is 68.7 Å². The summed E-state index contributed by atoms with van der Waals surface area (Å²) >= 11 is 3.41. The largest absolute Gasteiger partial charge is 0.507 e. The average molecular weight is 607 g/mol. The number of likely N-dealkylation sites (tertiary alicyclic amines) is 1. The highest BCUT2D eigenvalue weighted by atomic mass is 79.9. The maximum atomic E-state index is 13.4. The Morgan fingerprint density at radius 3 is 2.51 bits per heavy atom. The van der Waals surface area contributed by atoms with Gasteiger partial charge >= 0.3 is 5.97 Å². The molecule has 0 saturated carbocycles. The number of carboxylic acids is 1. The van der Waals surface area contributed by atoms with Gasteiger partial charge in [-0.15, -0.1) is 0 Å². The van der Waals surface area contributed by atoms with E-state index in [0.717, 1.165) is 15.6 Å². The van der Waals surface area contributed by atoms with Gasteiger partial charge in [0.1, 0.15) is 5.75 Å². The molecule has 0 spiro atoms. The lowest BCUT2D eigenvalue weighted by Crippen LogP contribution is -2.40. The minimum absolute atomic E-state index is 0.0351. The quantitative estimate of drug-likeness (QED) is 0.142. The summed E-state index contributed by atoms with van der Waals surface area (Å²) in [5, 5.41) is 40.8. The number of aliphatic hydroxyl groups is 2. The summed E-state index contributed by atoms with van der Waals surface area (Å²) in [6, 6.07) is 5.19. The molecule has 9 heteroatoms. The summed E-state index contributed by atoms with van der Waals surface area (Å²) in [7, 11) is 0. The molecule has 1 aliphatic heterocycles. The van der Waals surface area contributed by atoms with Crippen LogP contribution in [0.3, 0.4) is 0 Å². The van der Waals surface area contributed by atoms with Crippen LogP contribution in [0.4, 0.5) is 0 Å². The van der Waals surface area contributed by atoms with Gasteiger partial charge in [-0.3, -0.25) is 19.3 Å². The van der Waals surface area contributed by atoms with E-state index in [4.69, 9.17) is 5.11 Å². The van der Waals surface area contributed by atoms with Crippen LogP contribution in [0.1, 0.15) is 71.3 Å². The van der Waals surface area contributed by atoms with Gasteiger partial charge in [0, 0.05) is 28.9 Å². The third kappa shape index (κ3) is 7.38. The highest BCUT2D eigenvalue weighted by molar-refractivity contribution is 9.10. The number of imide groups is 1. The van der Waals surface area contributed by atoms with Crippen molar-refractivity contribution >= 4 is 39.8 Å². The Labute approximate surface area is 238 Å².